The van der Waals surface area contributed by atoms with Crippen LogP contribution in [0.1, 0.15) is 46.5 Å². The Bertz CT molecular complexity index is 693. The van der Waals surface area contributed by atoms with E-state index in [1.807, 2.05) is 18.2 Å². The van der Waals surface area contributed by atoms with Gasteiger partial charge in [-0.1, -0.05) is 35.6 Å². The van der Waals surface area contributed by atoms with Crippen LogP contribution in [0, 0.1) is 0 Å². The Labute approximate surface area is 127 Å². The third-order valence-corrected chi connectivity index (χ3v) is 4.78. The number of ketones is 1. The Balaban J connectivity index is 1.78. The number of carbonyl (C=O) groups excluding carboxylic acids is 2. The number of benzene rings is 1. The van der Waals surface area contributed by atoms with Crippen LogP contribution in [0.25, 0.3) is 0 Å². The summed E-state index contributed by atoms with van der Waals surface area (Å²) < 4.78 is 0. The molecular formula is C16H16N2O2S. The third kappa shape index (κ3) is 2.88. The quantitative estimate of drug-likeness (QED) is 0.884. The predicted octanol–water partition coefficient (Wildman–Crippen LogP) is 3.40. The van der Waals surface area contributed by atoms with Crippen LogP contribution in [0.5, 0.6) is 0 Å². The maximum absolute atomic E-state index is 12.5. The molecule has 4 nitrogen and oxygen atoms in total. The van der Waals surface area contributed by atoms with Gasteiger partial charge < -0.3 is 5.32 Å². The largest absolute Gasteiger partial charge is 0.301 e. The number of hydrogen-bond acceptors (Lipinski definition) is 4. The molecule has 108 valence electrons. The molecule has 1 aliphatic carbocycles. The van der Waals surface area contributed by atoms with Crippen molar-refractivity contribution in [3.8, 4) is 0 Å². The Kier molecular flexibility index (Phi) is 3.84. The summed E-state index contributed by atoms with van der Waals surface area (Å²) in [5.74, 6) is -0.192. The highest BCUT2D eigenvalue weighted by Gasteiger charge is 2.26. The Morgan fingerprint density at radius 2 is 2.14 bits per heavy atom. The highest BCUT2D eigenvalue weighted by Crippen LogP contribution is 2.32. The molecule has 1 aromatic carbocycles. The van der Waals surface area contributed by atoms with E-state index < -0.39 is 0 Å². The Morgan fingerprint density at radius 3 is 2.90 bits per heavy atom. The van der Waals surface area contributed by atoms with Gasteiger partial charge in [-0.15, -0.1) is 0 Å². The van der Waals surface area contributed by atoms with Crippen LogP contribution in [0.15, 0.2) is 30.5 Å². The van der Waals surface area contributed by atoms with E-state index in [1.54, 1.807) is 0 Å². The van der Waals surface area contributed by atoms with Gasteiger partial charge in [0.1, 0.15) is 0 Å². The van der Waals surface area contributed by atoms with E-state index in [0.29, 0.717) is 10.0 Å². The lowest BCUT2D eigenvalue weighted by atomic mass is 9.82. The van der Waals surface area contributed by atoms with Crippen molar-refractivity contribution in [2.24, 2.45) is 0 Å². The molecule has 1 atom stereocenters. The second-order valence-corrected chi connectivity index (χ2v) is 6.25. The van der Waals surface area contributed by atoms with Crippen LogP contribution in [-0.2, 0) is 11.2 Å². The average Bonchev–Trinajstić information content (AvgIpc) is 2.95. The van der Waals surface area contributed by atoms with Gasteiger partial charge >= 0.3 is 0 Å². The highest BCUT2D eigenvalue weighted by molar-refractivity contribution is 7.17. The SMILES string of the molecule is CC(=O)c1cnc(NC(=O)[C@H]2CCCc3ccccc32)s1. The molecule has 0 fully saturated rings. The van der Waals surface area contributed by atoms with Gasteiger partial charge in [-0.3, -0.25) is 9.59 Å². The minimum Gasteiger partial charge on any atom is -0.301 e. The van der Waals surface area contributed by atoms with Gasteiger partial charge in [0.25, 0.3) is 0 Å². The zero-order valence-corrected chi connectivity index (χ0v) is 12.6. The molecule has 1 N–H and O–H groups in total. The van der Waals surface area contributed by atoms with E-state index in [1.165, 1.54) is 30.0 Å². The molecular weight excluding hydrogens is 284 g/mol. The molecule has 21 heavy (non-hydrogen) atoms. The summed E-state index contributed by atoms with van der Waals surface area (Å²) in [6, 6.07) is 8.11. The number of amides is 1. The molecule has 0 aliphatic heterocycles. The number of hydrogen-bond donors (Lipinski definition) is 1. The summed E-state index contributed by atoms with van der Waals surface area (Å²) in [5.41, 5.74) is 2.37. The zero-order chi connectivity index (χ0) is 14.8. The molecule has 5 heteroatoms. The first-order valence-corrected chi connectivity index (χ1v) is 7.82. The van der Waals surface area contributed by atoms with Gasteiger partial charge in [0.15, 0.2) is 10.9 Å². The van der Waals surface area contributed by atoms with Crippen LogP contribution in [-0.4, -0.2) is 16.7 Å². The molecule has 1 aromatic heterocycles. The summed E-state index contributed by atoms with van der Waals surface area (Å²) in [7, 11) is 0. The molecule has 3 rings (SSSR count). The monoisotopic (exact) mass is 300 g/mol. The Hall–Kier alpha value is -2.01. The predicted molar refractivity (Wildman–Crippen MR) is 82.9 cm³/mol. The standard InChI is InChI=1S/C16H16N2O2S/c1-10(19)14-9-17-16(21-14)18-15(20)13-8-4-6-11-5-2-3-7-12(11)13/h2-3,5,7,9,13H,4,6,8H2,1H3,(H,17,18,20)/t13-/m0/s1. The maximum Gasteiger partial charge on any atom is 0.233 e. The van der Waals surface area contributed by atoms with Crippen molar-refractivity contribution in [2.75, 3.05) is 5.32 Å². The van der Waals surface area contributed by atoms with Crippen LogP contribution in [0.2, 0.25) is 0 Å². The minimum absolute atomic E-state index is 0.0315. The number of carbonyl (C=O) groups is 2. The highest BCUT2D eigenvalue weighted by atomic mass is 32.1. The lowest BCUT2D eigenvalue weighted by Gasteiger charge is -2.24. The van der Waals surface area contributed by atoms with E-state index in [9.17, 15) is 9.59 Å². The van der Waals surface area contributed by atoms with Crippen molar-refractivity contribution in [1.29, 1.82) is 0 Å². The van der Waals surface area contributed by atoms with Crippen molar-refractivity contribution in [2.45, 2.75) is 32.1 Å². The fraction of sp³-hybridized carbons (Fsp3) is 0.312. The lowest BCUT2D eigenvalue weighted by Crippen LogP contribution is -2.24. The van der Waals surface area contributed by atoms with E-state index in [4.69, 9.17) is 0 Å². The van der Waals surface area contributed by atoms with Crippen molar-refractivity contribution >= 4 is 28.2 Å². The number of Topliss-reactive ketones (excluding diaryl/α,β-unsaturated/α-hetero) is 1. The molecule has 0 saturated heterocycles. The summed E-state index contributed by atoms with van der Waals surface area (Å²) in [6.45, 7) is 1.50. The summed E-state index contributed by atoms with van der Waals surface area (Å²) in [6.07, 6.45) is 4.42. The molecule has 0 saturated carbocycles. The van der Waals surface area contributed by atoms with Gasteiger partial charge in [0, 0.05) is 6.92 Å². The number of fused-ring (bicyclic) bond motifs is 1. The van der Waals surface area contributed by atoms with Crippen molar-refractivity contribution < 1.29 is 9.59 Å². The molecule has 0 spiro atoms. The van der Waals surface area contributed by atoms with E-state index in [0.717, 1.165) is 24.8 Å². The second-order valence-electron chi connectivity index (χ2n) is 5.22. The van der Waals surface area contributed by atoms with Crippen LogP contribution in [0.3, 0.4) is 0 Å². The number of aromatic nitrogens is 1. The smallest absolute Gasteiger partial charge is 0.233 e. The van der Waals surface area contributed by atoms with Gasteiger partial charge in [0.05, 0.1) is 17.0 Å². The van der Waals surface area contributed by atoms with E-state index >= 15 is 0 Å². The molecule has 2 aromatic rings. The summed E-state index contributed by atoms with van der Waals surface area (Å²) >= 11 is 1.22. The molecule has 0 radical (unpaired) electrons. The maximum atomic E-state index is 12.5. The Morgan fingerprint density at radius 1 is 1.33 bits per heavy atom. The normalized spacial score (nSPS) is 17.1. The van der Waals surface area contributed by atoms with Gasteiger partial charge in [-0.2, -0.15) is 0 Å². The molecule has 1 aliphatic rings. The minimum atomic E-state index is -0.125. The number of aryl methyl sites for hydroxylation is 1. The molecule has 0 unspecified atom stereocenters. The van der Waals surface area contributed by atoms with Gasteiger partial charge in [0.2, 0.25) is 5.91 Å². The first-order valence-electron chi connectivity index (χ1n) is 7.00. The number of nitrogens with one attached hydrogen (secondary N) is 1. The number of nitrogens with zero attached hydrogens (tertiary/aromatic N) is 1. The zero-order valence-electron chi connectivity index (χ0n) is 11.8. The van der Waals surface area contributed by atoms with Gasteiger partial charge in [-0.05, 0) is 30.4 Å². The number of anilines is 1. The van der Waals surface area contributed by atoms with E-state index in [2.05, 4.69) is 16.4 Å². The molecule has 1 amide bonds. The van der Waals surface area contributed by atoms with Crippen molar-refractivity contribution in [3.63, 3.8) is 0 Å². The first kappa shape index (κ1) is 13.9. The summed E-state index contributed by atoms with van der Waals surface area (Å²) in [4.78, 5) is 28.4. The lowest BCUT2D eigenvalue weighted by molar-refractivity contribution is -0.117. The fourth-order valence-electron chi connectivity index (χ4n) is 2.71. The molecule has 0 bridgehead atoms. The first-order chi connectivity index (χ1) is 10.1. The number of rotatable bonds is 3. The summed E-state index contributed by atoms with van der Waals surface area (Å²) in [5, 5.41) is 3.34. The second kappa shape index (κ2) is 5.77. The van der Waals surface area contributed by atoms with Gasteiger partial charge in [-0.25, -0.2) is 4.98 Å². The van der Waals surface area contributed by atoms with Crippen LogP contribution >= 0.6 is 11.3 Å². The van der Waals surface area contributed by atoms with E-state index in [-0.39, 0.29) is 17.6 Å². The molecule has 1 heterocycles. The third-order valence-electron chi connectivity index (χ3n) is 3.77. The van der Waals surface area contributed by atoms with Crippen LogP contribution < -0.4 is 5.32 Å². The van der Waals surface area contributed by atoms with Crippen molar-refractivity contribution in [1.82, 2.24) is 4.98 Å². The topological polar surface area (TPSA) is 59.1 Å². The fourth-order valence-corrected chi connectivity index (χ4v) is 3.43. The number of thiazole rings is 1. The average molecular weight is 300 g/mol. The van der Waals surface area contributed by atoms with Crippen molar-refractivity contribution in [3.05, 3.63) is 46.5 Å². The van der Waals surface area contributed by atoms with Crippen LogP contribution in [0.4, 0.5) is 5.13 Å².